The zero-order chi connectivity index (χ0) is 14.3. The minimum absolute atomic E-state index is 0.216. The molecule has 19 heavy (non-hydrogen) atoms. The van der Waals surface area contributed by atoms with Crippen molar-refractivity contribution < 1.29 is 0 Å². The van der Waals surface area contributed by atoms with E-state index in [1.807, 2.05) is 0 Å². The lowest BCUT2D eigenvalue weighted by molar-refractivity contribution is 0.590. The summed E-state index contributed by atoms with van der Waals surface area (Å²) in [6.07, 6.45) is 1.99. The van der Waals surface area contributed by atoms with Crippen LogP contribution in [0.5, 0.6) is 0 Å². The number of rotatable bonds is 5. The van der Waals surface area contributed by atoms with Crippen LogP contribution in [0.25, 0.3) is 0 Å². The molecule has 1 rings (SSSR count). The van der Waals surface area contributed by atoms with Crippen LogP contribution in [0, 0.1) is 0 Å². The van der Waals surface area contributed by atoms with Crippen molar-refractivity contribution in [3.05, 3.63) is 35.4 Å². The van der Waals surface area contributed by atoms with E-state index >= 15 is 0 Å². The molecule has 0 aliphatic carbocycles. The molecule has 3 heteroatoms. The van der Waals surface area contributed by atoms with Crippen LogP contribution in [0.15, 0.2) is 29.3 Å². The Kier molecular flexibility index (Phi) is 5.87. The number of nitrogens with two attached hydrogens (primary N) is 1. The summed E-state index contributed by atoms with van der Waals surface area (Å²) in [6, 6.07) is 8.82. The van der Waals surface area contributed by atoms with Gasteiger partial charge in [-0.05, 0) is 29.4 Å². The summed E-state index contributed by atoms with van der Waals surface area (Å²) in [4.78, 5) is 4.20. The molecule has 0 unspecified atom stereocenters. The highest BCUT2D eigenvalue weighted by Crippen LogP contribution is 2.22. The number of guanidine groups is 1. The topological polar surface area (TPSA) is 50.4 Å². The van der Waals surface area contributed by atoms with Gasteiger partial charge >= 0.3 is 0 Å². The molecule has 3 N–H and O–H groups in total. The molecule has 0 saturated heterocycles. The maximum absolute atomic E-state index is 5.74. The third kappa shape index (κ3) is 5.77. The molecule has 1 aromatic rings. The first-order valence-corrected chi connectivity index (χ1v) is 7.06. The molecule has 106 valence electrons. The second-order valence-corrected chi connectivity index (χ2v) is 5.89. The Hall–Kier alpha value is -1.51. The minimum Gasteiger partial charge on any atom is -0.370 e. The molecule has 0 bridgehead atoms. The molecular weight excluding hydrogens is 234 g/mol. The van der Waals surface area contributed by atoms with Crippen LogP contribution in [0.3, 0.4) is 0 Å². The molecule has 0 heterocycles. The van der Waals surface area contributed by atoms with Gasteiger partial charge in [0, 0.05) is 13.1 Å². The van der Waals surface area contributed by atoms with Gasteiger partial charge in [0.05, 0.1) is 0 Å². The maximum Gasteiger partial charge on any atom is 0.188 e. The number of nitrogens with one attached hydrogen (secondary N) is 1. The third-order valence-corrected chi connectivity index (χ3v) is 3.05. The van der Waals surface area contributed by atoms with Gasteiger partial charge in [-0.3, -0.25) is 4.99 Å². The molecule has 0 amide bonds. The lowest BCUT2D eigenvalue weighted by Crippen LogP contribution is -2.33. The first-order valence-electron chi connectivity index (χ1n) is 7.06. The normalized spacial score (nSPS) is 12.5. The van der Waals surface area contributed by atoms with Gasteiger partial charge in [-0.1, -0.05) is 52.0 Å². The highest BCUT2D eigenvalue weighted by molar-refractivity contribution is 5.77. The van der Waals surface area contributed by atoms with E-state index in [1.165, 1.54) is 11.1 Å². The molecule has 0 spiro atoms. The molecule has 0 saturated carbocycles. The number of nitrogens with zero attached hydrogens (tertiary/aromatic N) is 1. The summed E-state index contributed by atoms with van der Waals surface area (Å²) in [6.45, 7) is 10.4. The second kappa shape index (κ2) is 7.17. The molecule has 3 nitrogen and oxygen atoms in total. The van der Waals surface area contributed by atoms with Gasteiger partial charge in [0.1, 0.15) is 0 Å². The van der Waals surface area contributed by atoms with Gasteiger partial charge in [0.25, 0.3) is 0 Å². The van der Waals surface area contributed by atoms with E-state index < -0.39 is 0 Å². The molecular formula is C16H27N3. The van der Waals surface area contributed by atoms with Crippen molar-refractivity contribution in [2.45, 2.75) is 46.0 Å². The highest BCUT2D eigenvalue weighted by Gasteiger charge is 2.12. The number of aliphatic imine (C=N–C) groups is 1. The van der Waals surface area contributed by atoms with Crippen LogP contribution >= 0.6 is 0 Å². The van der Waals surface area contributed by atoms with Crippen molar-refractivity contribution in [3.63, 3.8) is 0 Å². The fraction of sp³-hybridized carbons (Fsp3) is 0.562. The molecule has 0 aromatic heterocycles. The largest absolute Gasteiger partial charge is 0.370 e. The standard InChI is InChI=1S/C16H27N3/c1-5-11-18-15(17)19-12-10-13-6-8-14(9-7-13)16(2,3)4/h6-9H,5,10-12H2,1-4H3,(H3,17,18,19). The van der Waals surface area contributed by atoms with Crippen molar-refractivity contribution in [2.24, 2.45) is 10.7 Å². The zero-order valence-corrected chi connectivity index (χ0v) is 12.7. The van der Waals surface area contributed by atoms with Crippen LogP contribution in [0.2, 0.25) is 0 Å². The first-order chi connectivity index (χ1) is 8.93. The molecule has 0 aliphatic rings. The Balaban J connectivity index is 2.42. The van der Waals surface area contributed by atoms with Gasteiger partial charge in [0.15, 0.2) is 5.96 Å². The van der Waals surface area contributed by atoms with Gasteiger partial charge in [-0.2, -0.15) is 0 Å². The molecule has 0 fully saturated rings. The summed E-state index contributed by atoms with van der Waals surface area (Å²) in [7, 11) is 0. The minimum atomic E-state index is 0.216. The summed E-state index contributed by atoms with van der Waals surface area (Å²) < 4.78 is 0. The molecule has 0 aliphatic heterocycles. The van der Waals surface area contributed by atoms with E-state index in [-0.39, 0.29) is 5.41 Å². The summed E-state index contributed by atoms with van der Waals surface area (Å²) >= 11 is 0. The van der Waals surface area contributed by atoms with E-state index in [1.54, 1.807) is 0 Å². The predicted octanol–water partition coefficient (Wildman–Crippen LogP) is 2.84. The Bertz CT molecular complexity index is 399. The van der Waals surface area contributed by atoms with Crippen molar-refractivity contribution in [1.29, 1.82) is 0 Å². The van der Waals surface area contributed by atoms with E-state index in [0.717, 1.165) is 25.9 Å². The fourth-order valence-electron chi connectivity index (χ4n) is 1.79. The van der Waals surface area contributed by atoms with E-state index in [9.17, 15) is 0 Å². The Morgan fingerprint density at radius 1 is 1.21 bits per heavy atom. The third-order valence-electron chi connectivity index (χ3n) is 3.05. The lowest BCUT2D eigenvalue weighted by atomic mass is 9.86. The van der Waals surface area contributed by atoms with Crippen molar-refractivity contribution in [3.8, 4) is 0 Å². The highest BCUT2D eigenvalue weighted by atomic mass is 15.1. The predicted molar refractivity (Wildman–Crippen MR) is 83.6 cm³/mol. The first kappa shape index (κ1) is 15.5. The van der Waals surface area contributed by atoms with Gasteiger partial charge in [-0.25, -0.2) is 0 Å². The van der Waals surface area contributed by atoms with Gasteiger partial charge < -0.3 is 11.1 Å². The van der Waals surface area contributed by atoms with Gasteiger partial charge in [0.2, 0.25) is 0 Å². The Morgan fingerprint density at radius 3 is 2.37 bits per heavy atom. The monoisotopic (exact) mass is 261 g/mol. The van der Waals surface area contributed by atoms with E-state index in [4.69, 9.17) is 5.73 Å². The Morgan fingerprint density at radius 2 is 1.84 bits per heavy atom. The van der Waals surface area contributed by atoms with Gasteiger partial charge in [-0.15, -0.1) is 0 Å². The van der Waals surface area contributed by atoms with Crippen LogP contribution < -0.4 is 11.1 Å². The number of hydrogen-bond donors (Lipinski definition) is 2. The maximum atomic E-state index is 5.74. The zero-order valence-electron chi connectivity index (χ0n) is 12.7. The Labute approximate surface area is 117 Å². The van der Waals surface area contributed by atoms with Crippen LogP contribution in [0.4, 0.5) is 0 Å². The number of hydrogen-bond acceptors (Lipinski definition) is 1. The van der Waals surface area contributed by atoms with Crippen LogP contribution in [-0.4, -0.2) is 19.0 Å². The smallest absolute Gasteiger partial charge is 0.188 e. The van der Waals surface area contributed by atoms with Crippen molar-refractivity contribution >= 4 is 5.96 Å². The van der Waals surface area contributed by atoms with Crippen molar-refractivity contribution in [1.82, 2.24) is 5.32 Å². The van der Waals surface area contributed by atoms with Crippen molar-refractivity contribution in [2.75, 3.05) is 13.1 Å². The lowest BCUT2D eigenvalue weighted by Gasteiger charge is -2.19. The average Bonchev–Trinajstić information content (AvgIpc) is 2.36. The second-order valence-electron chi connectivity index (χ2n) is 5.89. The fourth-order valence-corrected chi connectivity index (χ4v) is 1.79. The summed E-state index contributed by atoms with van der Waals surface area (Å²) in [5.74, 6) is 0.549. The SMILES string of the molecule is CCCN=C(N)NCCc1ccc(C(C)(C)C)cc1. The summed E-state index contributed by atoms with van der Waals surface area (Å²) in [5.41, 5.74) is 8.65. The number of benzene rings is 1. The van der Waals surface area contributed by atoms with Crippen LogP contribution in [-0.2, 0) is 11.8 Å². The van der Waals surface area contributed by atoms with Crippen LogP contribution in [0.1, 0.15) is 45.2 Å². The van der Waals surface area contributed by atoms with E-state index in [2.05, 4.69) is 62.3 Å². The summed E-state index contributed by atoms with van der Waals surface area (Å²) in [5, 5.41) is 3.14. The quantitative estimate of drug-likeness (QED) is 0.632. The van der Waals surface area contributed by atoms with E-state index in [0.29, 0.717) is 5.96 Å². The molecule has 0 radical (unpaired) electrons. The molecule has 1 aromatic carbocycles. The molecule has 0 atom stereocenters. The average molecular weight is 261 g/mol.